The number of esters is 1. The molecule has 150 valence electrons. The van der Waals surface area contributed by atoms with Crippen molar-refractivity contribution in [2.24, 2.45) is 5.10 Å². The predicted molar refractivity (Wildman–Crippen MR) is 113 cm³/mol. The second-order valence-corrected chi connectivity index (χ2v) is 7.63. The first-order chi connectivity index (χ1) is 13.6. The molecule has 28 heavy (non-hydrogen) atoms. The van der Waals surface area contributed by atoms with Gasteiger partial charge in [0.05, 0.1) is 24.9 Å². The molecule has 1 N–H and O–H groups in total. The molecule has 7 nitrogen and oxygen atoms in total. The number of ether oxygens (including phenoxy) is 1. The molecule has 1 aromatic heterocycles. The number of hydrogen-bond acceptors (Lipinski definition) is 8. The summed E-state index contributed by atoms with van der Waals surface area (Å²) in [5.41, 5.74) is 6.01. The lowest BCUT2D eigenvalue weighted by Gasteiger charge is -2.32. The van der Waals surface area contributed by atoms with Crippen molar-refractivity contribution < 1.29 is 9.53 Å². The summed E-state index contributed by atoms with van der Waals surface area (Å²) in [5.74, 6) is -0.263. The van der Waals surface area contributed by atoms with E-state index in [1.165, 1.54) is 16.9 Å². The molecule has 1 saturated heterocycles. The molecule has 1 aliphatic rings. The zero-order chi connectivity index (χ0) is 19.8. The monoisotopic (exact) mass is 401 g/mol. The van der Waals surface area contributed by atoms with Gasteiger partial charge in [0, 0.05) is 38.1 Å². The highest BCUT2D eigenvalue weighted by Crippen LogP contribution is 2.16. The number of benzene rings is 1. The Morgan fingerprint density at radius 1 is 1.32 bits per heavy atom. The molecule has 0 amide bonds. The maximum Gasteiger partial charge on any atom is 0.311 e. The summed E-state index contributed by atoms with van der Waals surface area (Å²) in [4.78, 5) is 20.7. The zero-order valence-electron chi connectivity index (χ0n) is 16.4. The van der Waals surface area contributed by atoms with Gasteiger partial charge in [0.15, 0.2) is 0 Å². The number of hydrazone groups is 1. The first-order valence-corrected chi connectivity index (χ1v) is 10.4. The molecule has 3 rings (SSSR count). The molecule has 0 radical (unpaired) electrons. The molecule has 1 aliphatic heterocycles. The van der Waals surface area contributed by atoms with Crippen molar-refractivity contribution in [3.63, 3.8) is 0 Å². The van der Waals surface area contributed by atoms with Crippen LogP contribution in [0.2, 0.25) is 0 Å². The summed E-state index contributed by atoms with van der Waals surface area (Å²) in [7, 11) is 2.17. The minimum Gasteiger partial charge on any atom is -0.466 e. The minimum absolute atomic E-state index is 0.184. The van der Waals surface area contributed by atoms with Crippen molar-refractivity contribution in [2.75, 3.05) is 45.3 Å². The number of rotatable bonds is 8. The van der Waals surface area contributed by atoms with Crippen molar-refractivity contribution in [3.05, 3.63) is 46.5 Å². The highest BCUT2D eigenvalue weighted by molar-refractivity contribution is 7.13. The fourth-order valence-corrected chi connectivity index (χ4v) is 3.67. The van der Waals surface area contributed by atoms with Crippen molar-refractivity contribution in [1.82, 2.24) is 14.8 Å². The lowest BCUT2D eigenvalue weighted by molar-refractivity contribution is -0.142. The molecule has 1 aromatic carbocycles. The van der Waals surface area contributed by atoms with Crippen molar-refractivity contribution in [3.8, 4) is 0 Å². The third kappa shape index (κ3) is 6.12. The minimum atomic E-state index is -0.263. The number of aromatic nitrogens is 1. The van der Waals surface area contributed by atoms with Gasteiger partial charge in [0.2, 0.25) is 5.13 Å². The van der Waals surface area contributed by atoms with Gasteiger partial charge in [-0.2, -0.15) is 5.10 Å². The van der Waals surface area contributed by atoms with E-state index in [9.17, 15) is 4.79 Å². The molecule has 2 aromatic rings. The van der Waals surface area contributed by atoms with E-state index in [-0.39, 0.29) is 12.4 Å². The number of piperazine rings is 1. The third-order valence-corrected chi connectivity index (χ3v) is 5.39. The Morgan fingerprint density at radius 2 is 2.11 bits per heavy atom. The maximum absolute atomic E-state index is 11.5. The normalized spacial score (nSPS) is 15.8. The average Bonchev–Trinajstić information content (AvgIpc) is 3.12. The molecule has 0 unspecified atom stereocenters. The first kappa shape index (κ1) is 20.4. The predicted octanol–water partition coefficient (Wildman–Crippen LogP) is 2.44. The van der Waals surface area contributed by atoms with Crippen LogP contribution in [0.15, 0.2) is 34.7 Å². The van der Waals surface area contributed by atoms with Crippen LogP contribution in [-0.2, 0) is 22.5 Å². The van der Waals surface area contributed by atoms with Gasteiger partial charge in [-0.1, -0.05) is 24.3 Å². The summed E-state index contributed by atoms with van der Waals surface area (Å²) in [6, 6.07) is 8.32. The fourth-order valence-electron chi connectivity index (χ4n) is 3.01. The molecular formula is C20H27N5O2S. The van der Waals surface area contributed by atoms with E-state index < -0.39 is 0 Å². The van der Waals surface area contributed by atoms with Crippen molar-refractivity contribution >= 4 is 28.7 Å². The van der Waals surface area contributed by atoms with Crippen LogP contribution in [0.5, 0.6) is 0 Å². The standard InChI is InChI=1S/C20H27N5O2S/c1-3-27-19(26)12-18-15-28-20(22-18)23-21-13-16-6-4-5-7-17(16)14-25-10-8-24(2)9-11-25/h4-7,13,15H,3,8-12,14H2,1-2H3,(H,22,23). The molecule has 0 aliphatic carbocycles. The Labute approximate surface area is 170 Å². The van der Waals surface area contributed by atoms with Gasteiger partial charge in [-0.15, -0.1) is 11.3 Å². The molecular weight excluding hydrogens is 374 g/mol. The van der Waals surface area contributed by atoms with Crippen LogP contribution >= 0.6 is 11.3 Å². The SMILES string of the molecule is CCOC(=O)Cc1csc(NN=Cc2ccccc2CN2CCN(C)CC2)n1. The van der Waals surface area contributed by atoms with Crippen molar-refractivity contribution in [1.29, 1.82) is 0 Å². The summed E-state index contributed by atoms with van der Waals surface area (Å²) in [6.45, 7) is 7.49. The van der Waals surface area contributed by atoms with Crippen LogP contribution in [-0.4, -0.2) is 66.8 Å². The lowest BCUT2D eigenvalue weighted by atomic mass is 10.1. The summed E-state index contributed by atoms with van der Waals surface area (Å²) in [5, 5.41) is 6.84. The molecule has 1 fully saturated rings. The molecule has 0 atom stereocenters. The van der Waals surface area contributed by atoms with Crippen LogP contribution in [0.4, 0.5) is 5.13 Å². The largest absolute Gasteiger partial charge is 0.466 e. The van der Waals surface area contributed by atoms with Gasteiger partial charge in [0.25, 0.3) is 0 Å². The number of likely N-dealkylation sites (N-methyl/N-ethyl adjacent to an activating group) is 1. The van der Waals surface area contributed by atoms with Crippen LogP contribution < -0.4 is 5.43 Å². The molecule has 0 saturated carbocycles. The number of carbonyl (C=O) groups excluding carboxylic acids is 1. The molecule has 8 heteroatoms. The van der Waals surface area contributed by atoms with Crippen LogP contribution in [0.1, 0.15) is 23.7 Å². The van der Waals surface area contributed by atoms with E-state index in [4.69, 9.17) is 4.74 Å². The Hall–Kier alpha value is -2.29. The molecule has 2 heterocycles. The van der Waals surface area contributed by atoms with E-state index in [1.807, 2.05) is 17.7 Å². The van der Waals surface area contributed by atoms with E-state index in [0.29, 0.717) is 17.4 Å². The van der Waals surface area contributed by atoms with Crippen LogP contribution in [0.25, 0.3) is 0 Å². The van der Waals surface area contributed by atoms with Gasteiger partial charge < -0.3 is 9.64 Å². The van der Waals surface area contributed by atoms with E-state index in [0.717, 1.165) is 38.3 Å². The summed E-state index contributed by atoms with van der Waals surface area (Å²) >= 11 is 1.42. The average molecular weight is 402 g/mol. The molecule has 0 spiro atoms. The second kappa shape index (κ2) is 10.3. The van der Waals surface area contributed by atoms with Gasteiger partial charge in [0.1, 0.15) is 0 Å². The highest BCUT2D eigenvalue weighted by Gasteiger charge is 2.14. The quantitative estimate of drug-likeness (QED) is 0.416. The van der Waals surface area contributed by atoms with E-state index >= 15 is 0 Å². The van der Waals surface area contributed by atoms with Gasteiger partial charge in [-0.3, -0.25) is 15.1 Å². The smallest absolute Gasteiger partial charge is 0.311 e. The van der Waals surface area contributed by atoms with Gasteiger partial charge >= 0.3 is 5.97 Å². The first-order valence-electron chi connectivity index (χ1n) is 9.52. The number of nitrogens with zero attached hydrogens (tertiary/aromatic N) is 4. The zero-order valence-corrected chi connectivity index (χ0v) is 17.2. The molecule has 0 bridgehead atoms. The van der Waals surface area contributed by atoms with Gasteiger partial charge in [-0.25, -0.2) is 4.98 Å². The highest BCUT2D eigenvalue weighted by atomic mass is 32.1. The number of carbonyl (C=O) groups is 1. The van der Waals surface area contributed by atoms with Crippen LogP contribution in [0, 0.1) is 0 Å². The second-order valence-electron chi connectivity index (χ2n) is 6.77. The Morgan fingerprint density at radius 3 is 2.89 bits per heavy atom. The van der Waals surface area contributed by atoms with Gasteiger partial charge in [-0.05, 0) is 25.1 Å². The summed E-state index contributed by atoms with van der Waals surface area (Å²) in [6.07, 6.45) is 2.02. The third-order valence-electron chi connectivity index (χ3n) is 4.59. The van der Waals surface area contributed by atoms with Crippen LogP contribution in [0.3, 0.4) is 0 Å². The maximum atomic E-state index is 11.5. The topological polar surface area (TPSA) is 70.1 Å². The number of thiazole rings is 1. The Balaban J connectivity index is 1.56. The number of hydrogen-bond donors (Lipinski definition) is 1. The summed E-state index contributed by atoms with van der Waals surface area (Å²) < 4.78 is 4.94. The van der Waals surface area contributed by atoms with E-state index in [2.05, 4.69) is 50.6 Å². The Kier molecular flexibility index (Phi) is 7.53. The fraction of sp³-hybridized carbons (Fsp3) is 0.450. The lowest BCUT2D eigenvalue weighted by Crippen LogP contribution is -2.44. The van der Waals surface area contributed by atoms with Crippen molar-refractivity contribution in [2.45, 2.75) is 19.9 Å². The number of anilines is 1. The number of nitrogens with one attached hydrogen (secondary N) is 1. The Bertz CT molecular complexity index is 799. The van der Waals surface area contributed by atoms with E-state index in [1.54, 1.807) is 6.92 Å².